The molecule has 4 aromatic heterocycles. The number of ether oxygens (including phenoxy) is 2. The minimum absolute atomic E-state index is 0.0449. The van der Waals surface area contributed by atoms with Gasteiger partial charge >= 0.3 is 0 Å². The molecule has 8 rings (SSSR count). The zero-order valence-corrected chi connectivity index (χ0v) is 36.7. The molecule has 0 saturated carbocycles. The summed E-state index contributed by atoms with van der Waals surface area (Å²) in [4.78, 5) is 50.0. The van der Waals surface area contributed by atoms with Crippen molar-refractivity contribution in [3.8, 4) is 11.5 Å². The molecule has 3 aliphatic rings. The molecule has 1 aromatic carbocycles. The van der Waals surface area contributed by atoms with Gasteiger partial charge in [0.1, 0.15) is 67.8 Å². The van der Waals surface area contributed by atoms with Gasteiger partial charge in [0.25, 0.3) is 0 Å². The van der Waals surface area contributed by atoms with Crippen LogP contribution in [0.25, 0.3) is 22.1 Å². The van der Waals surface area contributed by atoms with Crippen molar-refractivity contribution < 1.29 is 35.9 Å². The molecule has 0 fully saturated rings. The number of benzene rings is 1. The number of halogens is 1. The molecule has 0 saturated heterocycles. The van der Waals surface area contributed by atoms with Crippen molar-refractivity contribution in [3.63, 3.8) is 0 Å². The first-order chi connectivity index (χ1) is 28.7. The van der Waals surface area contributed by atoms with Gasteiger partial charge in [0, 0.05) is 59.8 Å². The SMILES string of the molecule is CS(=O)(=O)CCCNC(=O)C1CCc2[nH]c3ncnc(Cl)c3c2C1.CSc1cc2c(cc1Nc1ncnc3[nH]c4c(c13)CC(C(=O)NCCCS(C)(=O)=O)CC4)OCCO2. The Morgan fingerprint density at radius 2 is 1.30 bits per heavy atom. The van der Waals surface area contributed by atoms with Crippen molar-refractivity contribution in [2.24, 2.45) is 11.8 Å². The number of anilines is 2. The predicted molar refractivity (Wildman–Crippen MR) is 231 cm³/mol. The predicted octanol–water partition coefficient (Wildman–Crippen LogP) is 4.12. The van der Waals surface area contributed by atoms with Gasteiger partial charge in [0.05, 0.1) is 28.0 Å². The van der Waals surface area contributed by atoms with Crippen molar-refractivity contribution in [2.75, 3.05) is 61.9 Å². The summed E-state index contributed by atoms with van der Waals surface area (Å²) in [6.45, 7) is 1.75. The molecule has 5 aromatic rings. The first-order valence-electron chi connectivity index (χ1n) is 19.7. The molecular weight excluding hydrogens is 854 g/mol. The molecule has 2 atom stereocenters. The van der Waals surface area contributed by atoms with Crippen LogP contribution in [-0.2, 0) is 54.9 Å². The highest BCUT2D eigenvalue weighted by atomic mass is 35.5. The number of sulfone groups is 2. The van der Waals surface area contributed by atoms with E-state index in [0.717, 1.165) is 74.5 Å². The zero-order chi connectivity index (χ0) is 42.6. The van der Waals surface area contributed by atoms with Crippen LogP contribution in [0.15, 0.2) is 29.7 Å². The lowest BCUT2D eigenvalue weighted by atomic mass is 9.86. The first kappa shape index (κ1) is 43.4. The fourth-order valence-electron chi connectivity index (χ4n) is 7.83. The second kappa shape index (κ2) is 18.5. The number of aromatic amines is 2. The highest BCUT2D eigenvalue weighted by Crippen LogP contribution is 2.42. The molecule has 17 nitrogen and oxygen atoms in total. The summed E-state index contributed by atoms with van der Waals surface area (Å²) in [5.74, 6) is 1.79. The van der Waals surface area contributed by atoms with Gasteiger partial charge in [0.2, 0.25) is 11.8 Å². The molecule has 2 aliphatic carbocycles. The highest BCUT2D eigenvalue weighted by Gasteiger charge is 2.30. The topological polar surface area (TPSA) is 240 Å². The Kier molecular flexibility index (Phi) is 13.4. The van der Waals surface area contributed by atoms with Gasteiger partial charge in [-0.2, -0.15) is 0 Å². The van der Waals surface area contributed by atoms with Gasteiger partial charge in [-0.3, -0.25) is 9.59 Å². The third-order valence-corrected chi connectivity index (χ3v) is 13.9. The van der Waals surface area contributed by atoms with Gasteiger partial charge < -0.3 is 35.4 Å². The van der Waals surface area contributed by atoms with E-state index in [4.69, 9.17) is 21.1 Å². The number of carbonyl (C=O) groups is 2. The van der Waals surface area contributed by atoms with E-state index in [9.17, 15) is 26.4 Å². The Labute approximate surface area is 357 Å². The number of hydrogen-bond acceptors (Lipinski definition) is 14. The Morgan fingerprint density at radius 1 is 0.783 bits per heavy atom. The summed E-state index contributed by atoms with van der Waals surface area (Å²) in [5, 5.41) is 11.3. The summed E-state index contributed by atoms with van der Waals surface area (Å²) in [7, 11) is -6.03. The standard InChI is InChI=1S/C24H29N5O5S2.C15H19ClN4O3S/c1-35-20-12-19-18(33-7-8-34-19)11-17(20)29-23-21-15-10-14(24(30)25-6-3-9-36(2,31)32)4-5-16(15)28-22(21)26-13-27-23;1-24(22,23)6-2-5-17-15(21)9-3-4-11-10(7-9)12-13(16)18-8-19-14(12)20-11/h11-14H,3-10H2,1-2H3,(H,25,30)(H2,26,27,28,29);8-9H,2-7H2,1H3,(H,17,21)(H,18,19,20). The molecule has 322 valence electrons. The van der Waals surface area contributed by atoms with Crippen LogP contribution < -0.4 is 25.4 Å². The minimum atomic E-state index is -3.04. The number of nitrogens with zero attached hydrogens (tertiary/aromatic N) is 4. The molecule has 2 unspecified atom stereocenters. The van der Waals surface area contributed by atoms with Crippen LogP contribution in [0.2, 0.25) is 5.15 Å². The van der Waals surface area contributed by atoms with Crippen molar-refractivity contribution in [2.45, 2.75) is 56.3 Å². The lowest BCUT2D eigenvalue weighted by Crippen LogP contribution is -2.35. The molecule has 0 bridgehead atoms. The molecular formula is C39H48ClN9O8S3. The summed E-state index contributed by atoms with van der Waals surface area (Å²) < 4.78 is 56.4. The number of carbonyl (C=O) groups excluding carboxylic acids is 2. The Morgan fingerprint density at radius 3 is 1.85 bits per heavy atom. The molecule has 21 heteroatoms. The maximum Gasteiger partial charge on any atom is 0.223 e. The monoisotopic (exact) mass is 901 g/mol. The van der Waals surface area contributed by atoms with Gasteiger partial charge in [-0.15, -0.1) is 11.8 Å². The Bertz CT molecular complexity index is 2640. The zero-order valence-electron chi connectivity index (χ0n) is 33.5. The Balaban J connectivity index is 0.000000197. The average Bonchev–Trinajstić information content (AvgIpc) is 3.79. The number of aryl methyl sites for hydroxylation is 2. The van der Waals surface area contributed by atoms with E-state index in [-0.39, 0.29) is 35.2 Å². The van der Waals surface area contributed by atoms with Crippen molar-refractivity contribution in [1.82, 2.24) is 40.5 Å². The Hall–Kier alpha value is -4.66. The third kappa shape index (κ3) is 10.4. The molecule has 2 amide bonds. The van der Waals surface area contributed by atoms with Crippen LogP contribution in [-0.4, -0.2) is 115 Å². The molecule has 5 N–H and O–H groups in total. The highest BCUT2D eigenvalue weighted by molar-refractivity contribution is 7.98. The van der Waals surface area contributed by atoms with Crippen LogP contribution in [0.4, 0.5) is 11.5 Å². The van der Waals surface area contributed by atoms with Crippen molar-refractivity contribution in [3.05, 3.63) is 52.5 Å². The van der Waals surface area contributed by atoms with E-state index in [1.165, 1.54) is 25.2 Å². The number of rotatable bonds is 13. The van der Waals surface area contributed by atoms with Crippen LogP contribution in [0.1, 0.15) is 48.2 Å². The summed E-state index contributed by atoms with van der Waals surface area (Å²) in [6, 6.07) is 3.90. The molecule has 60 heavy (non-hydrogen) atoms. The van der Waals surface area contributed by atoms with E-state index in [1.807, 2.05) is 18.4 Å². The van der Waals surface area contributed by atoms with Crippen LogP contribution in [0.5, 0.6) is 11.5 Å². The van der Waals surface area contributed by atoms with Crippen LogP contribution in [0.3, 0.4) is 0 Å². The lowest BCUT2D eigenvalue weighted by Gasteiger charge is -2.23. The van der Waals surface area contributed by atoms with E-state index in [1.54, 1.807) is 11.8 Å². The van der Waals surface area contributed by atoms with Crippen LogP contribution in [0, 0.1) is 11.8 Å². The van der Waals surface area contributed by atoms with Gasteiger partial charge in [-0.1, -0.05) is 11.6 Å². The molecule has 0 radical (unpaired) electrons. The number of hydrogen-bond donors (Lipinski definition) is 5. The normalized spacial score (nSPS) is 17.3. The van der Waals surface area contributed by atoms with E-state index >= 15 is 0 Å². The second-order valence-corrected chi connectivity index (χ2v) is 21.0. The minimum Gasteiger partial charge on any atom is -0.486 e. The second-order valence-electron chi connectivity index (χ2n) is 15.2. The maximum absolute atomic E-state index is 12.8. The van der Waals surface area contributed by atoms with Gasteiger partial charge in [-0.25, -0.2) is 36.8 Å². The smallest absolute Gasteiger partial charge is 0.223 e. The number of fused-ring (bicyclic) bond motifs is 7. The summed E-state index contributed by atoms with van der Waals surface area (Å²) >= 11 is 7.78. The third-order valence-electron chi connectivity index (χ3n) is 10.7. The fourth-order valence-corrected chi connectivity index (χ4v) is 9.97. The van der Waals surface area contributed by atoms with E-state index < -0.39 is 19.7 Å². The van der Waals surface area contributed by atoms with Gasteiger partial charge in [-0.05, 0) is 74.8 Å². The van der Waals surface area contributed by atoms with Crippen molar-refractivity contribution in [1.29, 1.82) is 0 Å². The summed E-state index contributed by atoms with van der Waals surface area (Å²) in [6.07, 6.45) is 12.3. The number of amides is 2. The maximum atomic E-state index is 12.8. The number of H-pyrrole nitrogens is 2. The number of thioether (sulfide) groups is 1. The summed E-state index contributed by atoms with van der Waals surface area (Å²) in [5.41, 5.74) is 6.48. The fraction of sp³-hybridized carbons (Fsp3) is 0.487. The van der Waals surface area contributed by atoms with Crippen LogP contribution >= 0.6 is 23.4 Å². The van der Waals surface area contributed by atoms with Gasteiger partial charge in [0.15, 0.2) is 11.5 Å². The van der Waals surface area contributed by atoms with E-state index in [2.05, 4.69) is 45.9 Å². The largest absolute Gasteiger partial charge is 0.486 e. The molecule has 1 aliphatic heterocycles. The quantitative estimate of drug-likeness (QED) is 0.0635. The van der Waals surface area contributed by atoms with Crippen molar-refractivity contribution >= 4 is 88.4 Å². The lowest BCUT2D eigenvalue weighted by molar-refractivity contribution is -0.126. The average molecular weight is 903 g/mol. The number of aromatic nitrogens is 6. The number of nitrogens with one attached hydrogen (secondary N) is 5. The molecule has 0 spiro atoms. The van der Waals surface area contributed by atoms with E-state index in [0.29, 0.717) is 80.8 Å². The molecule has 5 heterocycles. The first-order valence-corrected chi connectivity index (χ1v) is 25.4.